The first kappa shape index (κ1) is 12.1. The predicted octanol–water partition coefficient (Wildman–Crippen LogP) is 2.10. The quantitative estimate of drug-likeness (QED) is 0.851. The van der Waals surface area contributed by atoms with Crippen molar-refractivity contribution >= 4 is 5.84 Å². The number of nitrogens with zero attached hydrogens (tertiary/aromatic N) is 3. The normalized spacial score (nSPS) is 16.5. The summed E-state index contributed by atoms with van der Waals surface area (Å²) >= 11 is 0. The number of hydrogen-bond donors (Lipinski definition) is 1. The summed E-state index contributed by atoms with van der Waals surface area (Å²) in [6, 6.07) is 0. The highest BCUT2D eigenvalue weighted by Gasteiger charge is 2.10. The van der Waals surface area contributed by atoms with Crippen LogP contribution in [-0.4, -0.2) is 22.2 Å². The highest BCUT2D eigenvalue weighted by atomic mass is 15.3. The molecule has 17 heavy (non-hydrogen) atoms. The van der Waals surface area contributed by atoms with Crippen molar-refractivity contribution in [3.8, 4) is 0 Å². The number of rotatable bonds is 2. The van der Waals surface area contributed by atoms with Gasteiger partial charge >= 0.3 is 0 Å². The van der Waals surface area contributed by atoms with E-state index in [1.54, 1.807) is 0 Å². The van der Waals surface area contributed by atoms with Crippen LogP contribution in [0.25, 0.3) is 0 Å². The summed E-state index contributed by atoms with van der Waals surface area (Å²) in [5.41, 5.74) is 3.66. The van der Waals surface area contributed by atoms with E-state index in [0.29, 0.717) is 0 Å². The minimum absolute atomic E-state index is 0.852. The Morgan fingerprint density at radius 1 is 1.24 bits per heavy atom. The van der Waals surface area contributed by atoms with Crippen LogP contribution in [0.4, 0.5) is 0 Å². The molecule has 1 N–H and O–H groups in total. The zero-order chi connectivity index (χ0) is 12.3. The molecule has 4 heteroatoms. The molecule has 4 nitrogen and oxygen atoms in total. The molecule has 0 unspecified atom stereocenters. The van der Waals surface area contributed by atoms with Crippen LogP contribution in [0.3, 0.4) is 0 Å². The first-order valence-corrected chi connectivity index (χ1v) is 6.44. The van der Waals surface area contributed by atoms with Crippen LogP contribution in [0.2, 0.25) is 0 Å². The molecule has 1 aromatic heterocycles. The molecule has 0 saturated heterocycles. The molecule has 0 fully saturated rings. The molecule has 0 aromatic carbocycles. The topological polar surface area (TPSA) is 42.2 Å². The van der Waals surface area contributed by atoms with Crippen molar-refractivity contribution in [1.29, 1.82) is 0 Å². The third-order valence-corrected chi connectivity index (χ3v) is 3.50. The Morgan fingerprint density at radius 3 is 2.76 bits per heavy atom. The van der Waals surface area contributed by atoms with Crippen molar-refractivity contribution in [1.82, 2.24) is 15.1 Å². The van der Waals surface area contributed by atoms with Gasteiger partial charge in [0.1, 0.15) is 0 Å². The molecule has 0 atom stereocenters. The molecule has 0 bridgehead atoms. The molecule has 0 radical (unpaired) electrons. The van der Waals surface area contributed by atoms with Gasteiger partial charge in [0.15, 0.2) is 0 Å². The Kier molecular flexibility index (Phi) is 3.82. The van der Waals surface area contributed by atoms with Crippen molar-refractivity contribution < 1.29 is 0 Å². The Labute approximate surface area is 103 Å². The lowest BCUT2D eigenvalue weighted by Gasteiger charge is -2.08. The van der Waals surface area contributed by atoms with E-state index in [1.807, 2.05) is 11.7 Å². The van der Waals surface area contributed by atoms with Gasteiger partial charge < -0.3 is 5.32 Å². The van der Waals surface area contributed by atoms with Gasteiger partial charge in [-0.1, -0.05) is 6.42 Å². The third-order valence-electron chi connectivity index (χ3n) is 3.50. The van der Waals surface area contributed by atoms with Gasteiger partial charge in [-0.3, -0.25) is 9.67 Å². The Bertz CT molecular complexity index is 417. The van der Waals surface area contributed by atoms with Gasteiger partial charge in [0, 0.05) is 37.8 Å². The van der Waals surface area contributed by atoms with Gasteiger partial charge in [0.05, 0.1) is 11.5 Å². The summed E-state index contributed by atoms with van der Waals surface area (Å²) < 4.78 is 1.95. The van der Waals surface area contributed by atoms with E-state index in [0.717, 1.165) is 25.2 Å². The minimum Gasteiger partial charge on any atom is -0.370 e. The Hall–Kier alpha value is -1.32. The summed E-state index contributed by atoms with van der Waals surface area (Å²) in [4.78, 5) is 4.58. The Balaban J connectivity index is 1.99. The van der Waals surface area contributed by atoms with E-state index in [2.05, 4.69) is 29.3 Å². The SMILES string of the molecule is Cc1nn(C)c(C)c1CNC1=NCCCCC1. The first-order chi connectivity index (χ1) is 8.18. The van der Waals surface area contributed by atoms with Crippen molar-refractivity contribution in [2.45, 2.75) is 46.1 Å². The number of aromatic nitrogens is 2. The summed E-state index contributed by atoms with van der Waals surface area (Å²) in [7, 11) is 2.00. The number of amidine groups is 1. The number of hydrogen-bond acceptors (Lipinski definition) is 3. The fourth-order valence-electron chi connectivity index (χ4n) is 2.28. The summed E-state index contributed by atoms with van der Waals surface area (Å²) in [6.45, 7) is 6.02. The second-order valence-corrected chi connectivity index (χ2v) is 4.77. The van der Waals surface area contributed by atoms with Gasteiger partial charge in [-0.05, 0) is 26.7 Å². The number of nitrogens with one attached hydrogen (secondary N) is 1. The molecule has 94 valence electrons. The zero-order valence-corrected chi connectivity index (χ0v) is 11.1. The van der Waals surface area contributed by atoms with Crippen LogP contribution >= 0.6 is 0 Å². The summed E-state index contributed by atoms with van der Waals surface area (Å²) in [6.07, 6.45) is 4.89. The molecule has 2 rings (SSSR count). The maximum Gasteiger partial charge on any atom is 0.0965 e. The monoisotopic (exact) mass is 234 g/mol. The fourth-order valence-corrected chi connectivity index (χ4v) is 2.28. The van der Waals surface area contributed by atoms with Crippen LogP contribution in [0.5, 0.6) is 0 Å². The van der Waals surface area contributed by atoms with E-state index in [9.17, 15) is 0 Å². The summed E-state index contributed by atoms with van der Waals surface area (Å²) in [5.74, 6) is 1.17. The second kappa shape index (κ2) is 5.34. The van der Waals surface area contributed by atoms with Gasteiger partial charge in [-0.2, -0.15) is 5.10 Å². The lowest BCUT2D eigenvalue weighted by atomic mass is 10.2. The van der Waals surface area contributed by atoms with Crippen molar-refractivity contribution in [3.05, 3.63) is 17.0 Å². The summed E-state index contributed by atoms with van der Waals surface area (Å²) in [5, 5.41) is 7.90. The average Bonchev–Trinajstić information content (AvgIpc) is 2.53. The first-order valence-electron chi connectivity index (χ1n) is 6.44. The minimum atomic E-state index is 0.852. The molecule has 1 aromatic rings. The maximum absolute atomic E-state index is 4.58. The highest BCUT2D eigenvalue weighted by Crippen LogP contribution is 2.12. The maximum atomic E-state index is 4.58. The van der Waals surface area contributed by atoms with Crippen LogP contribution in [0.1, 0.15) is 42.6 Å². The molecular formula is C13H22N4. The van der Waals surface area contributed by atoms with E-state index >= 15 is 0 Å². The van der Waals surface area contributed by atoms with Crippen molar-refractivity contribution in [3.63, 3.8) is 0 Å². The van der Waals surface area contributed by atoms with Crippen molar-refractivity contribution in [2.75, 3.05) is 6.54 Å². The Morgan fingerprint density at radius 2 is 2.06 bits per heavy atom. The van der Waals surface area contributed by atoms with Gasteiger partial charge in [-0.25, -0.2) is 0 Å². The second-order valence-electron chi connectivity index (χ2n) is 4.77. The van der Waals surface area contributed by atoms with Gasteiger partial charge in [0.25, 0.3) is 0 Å². The lowest BCUT2D eigenvalue weighted by Crippen LogP contribution is -2.23. The average molecular weight is 234 g/mol. The van der Waals surface area contributed by atoms with E-state index in [1.165, 1.54) is 36.4 Å². The zero-order valence-electron chi connectivity index (χ0n) is 11.1. The van der Waals surface area contributed by atoms with Gasteiger partial charge in [-0.15, -0.1) is 0 Å². The number of aryl methyl sites for hydroxylation is 2. The molecule has 2 heterocycles. The van der Waals surface area contributed by atoms with Crippen LogP contribution < -0.4 is 5.32 Å². The van der Waals surface area contributed by atoms with E-state index < -0.39 is 0 Å². The predicted molar refractivity (Wildman–Crippen MR) is 70.3 cm³/mol. The van der Waals surface area contributed by atoms with E-state index in [4.69, 9.17) is 0 Å². The molecule has 1 aliphatic rings. The fraction of sp³-hybridized carbons (Fsp3) is 0.692. The van der Waals surface area contributed by atoms with Crippen LogP contribution in [-0.2, 0) is 13.6 Å². The molecule has 1 aliphatic heterocycles. The number of aliphatic imine (C=N–C) groups is 1. The highest BCUT2D eigenvalue weighted by molar-refractivity contribution is 5.82. The third kappa shape index (κ3) is 2.87. The smallest absolute Gasteiger partial charge is 0.0965 e. The van der Waals surface area contributed by atoms with Crippen molar-refractivity contribution in [2.24, 2.45) is 12.0 Å². The van der Waals surface area contributed by atoms with Crippen LogP contribution in [0, 0.1) is 13.8 Å². The largest absolute Gasteiger partial charge is 0.370 e. The van der Waals surface area contributed by atoms with E-state index in [-0.39, 0.29) is 0 Å². The lowest BCUT2D eigenvalue weighted by molar-refractivity contribution is 0.726. The molecule has 0 amide bonds. The molecule has 0 aliphatic carbocycles. The standard InChI is InChI=1S/C13H22N4/c1-10-12(11(2)17(3)16-10)9-15-13-7-5-4-6-8-14-13/h4-9H2,1-3H3,(H,14,15). The molecule has 0 spiro atoms. The van der Waals surface area contributed by atoms with Gasteiger partial charge in [0.2, 0.25) is 0 Å². The molecule has 0 saturated carbocycles. The van der Waals surface area contributed by atoms with Crippen LogP contribution in [0.15, 0.2) is 4.99 Å². The molecular weight excluding hydrogens is 212 g/mol.